The van der Waals surface area contributed by atoms with Crippen molar-refractivity contribution in [2.45, 2.75) is 24.7 Å². The van der Waals surface area contributed by atoms with Gasteiger partial charge in [0, 0.05) is 38.3 Å². The minimum Gasteiger partial charge on any atom is -0.336 e. The fraction of sp³-hybridized carbons (Fsp3) is 0.348. The number of hydrogen-bond acceptors (Lipinski definition) is 5. The molecule has 0 N–H and O–H groups in total. The largest absolute Gasteiger partial charge is 0.336 e. The maximum absolute atomic E-state index is 14.0. The Morgan fingerprint density at radius 2 is 1.62 bits per heavy atom. The molecular weight excluding hydrogens is 468 g/mol. The first-order valence-corrected chi connectivity index (χ1v) is 12.3. The van der Waals surface area contributed by atoms with Crippen LogP contribution in [0.15, 0.2) is 41.3 Å². The van der Waals surface area contributed by atoms with E-state index in [1.54, 1.807) is 0 Å². The summed E-state index contributed by atoms with van der Waals surface area (Å²) < 4.78 is 54.0. The number of carbonyl (C=O) groups is 3. The smallest absolute Gasteiger partial charge is 0.261 e. The molecule has 0 bridgehead atoms. The van der Waals surface area contributed by atoms with E-state index in [9.17, 15) is 31.6 Å². The summed E-state index contributed by atoms with van der Waals surface area (Å²) in [6.07, 6.45) is 1.51. The van der Waals surface area contributed by atoms with Crippen LogP contribution in [0.25, 0.3) is 0 Å². The quantitative estimate of drug-likeness (QED) is 0.579. The van der Waals surface area contributed by atoms with Gasteiger partial charge in [0.2, 0.25) is 10.0 Å². The van der Waals surface area contributed by atoms with Crippen LogP contribution in [0.4, 0.5) is 8.78 Å². The molecular formula is C23H23F2N3O5S. The molecule has 2 aromatic rings. The molecule has 3 amide bonds. The zero-order valence-electron chi connectivity index (χ0n) is 18.5. The third-order valence-electron chi connectivity index (χ3n) is 5.99. The molecule has 34 heavy (non-hydrogen) atoms. The van der Waals surface area contributed by atoms with Gasteiger partial charge < -0.3 is 4.90 Å². The van der Waals surface area contributed by atoms with Crippen molar-refractivity contribution in [1.82, 2.24) is 14.1 Å². The SMILES string of the molecule is CCCCN1C(=O)c2ccc(C(=O)N3CCN(S(=O)(=O)c4cc(F)ccc4F)CC3)cc2C1=O. The van der Waals surface area contributed by atoms with Crippen molar-refractivity contribution in [2.75, 3.05) is 32.7 Å². The van der Waals surface area contributed by atoms with Crippen LogP contribution in [0.3, 0.4) is 0 Å². The van der Waals surface area contributed by atoms with E-state index in [0.717, 1.165) is 22.9 Å². The van der Waals surface area contributed by atoms with Crippen LogP contribution < -0.4 is 0 Å². The van der Waals surface area contributed by atoms with Gasteiger partial charge in [-0.3, -0.25) is 19.3 Å². The number of unbranched alkanes of at least 4 members (excludes halogenated alkanes) is 1. The van der Waals surface area contributed by atoms with Gasteiger partial charge >= 0.3 is 0 Å². The molecule has 2 aliphatic heterocycles. The van der Waals surface area contributed by atoms with Gasteiger partial charge in [-0.05, 0) is 42.8 Å². The molecule has 1 saturated heterocycles. The molecule has 0 unspecified atom stereocenters. The summed E-state index contributed by atoms with van der Waals surface area (Å²) in [6, 6.07) is 6.56. The van der Waals surface area contributed by atoms with E-state index in [0.29, 0.717) is 19.0 Å². The number of imide groups is 1. The van der Waals surface area contributed by atoms with Crippen molar-refractivity contribution < 1.29 is 31.6 Å². The zero-order chi connectivity index (χ0) is 24.6. The summed E-state index contributed by atoms with van der Waals surface area (Å²) >= 11 is 0. The third-order valence-corrected chi connectivity index (χ3v) is 7.90. The second kappa shape index (κ2) is 9.22. The van der Waals surface area contributed by atoms with Crippen molar-refractivity contribution >= 4 is 27.7 Å². The van der Waals surface area contributed by atoms with Crippen LogP contribution in [0, 0.1) is 11.6 Å². The van der Waals surface area contributed by atoms with E-state index in [1.807, 2.05) is 6.92 Å². The lowest BCUT2D eigenvalue weighted by atomic mass is 10.0. The number of rotatable bonds is 6. The number of amides is 3. The second-order valence-electron chi connectivity index (χ2n) is 8.15. The molecule has 2 aliphatic rings. The van der Waals surface area contributed by atoms with Crippen LogP contribution >= 0.6 is 0 Å². The Hall–Kier alpha value is -3.18. The van der Waals surface area contributed by atoms with Crippen molar-refractivity contribution in [2.24, 2.45) is 0 Å². The number of piperazine rings is 1. The van der Waals surface area contributed by atoms with E-state index in [2.05, 4.69) is 0 Å². The average molecular weight is 492 g/mol. The maximum Gasteiger partial charge on any atom is 0.261 e. The predicted molar refractivity (Wildman–Crippen MR) is 118 cm³/mol. The first-order chi connectivity index (χ1) is 16.1. The highest BCUT2D eigenvalue weighted by molar-refractivity contribution is 7.89. The normalized spacial score (nSPS) is 16.8. The highest BCUT2D eigenvalue weighted by Crippen LogP contribution is 2.26. The summed E-state index contributed by atoms with van der Waals surface area (Å²) in [5.41, 5.74) is 0.644. The van der Waals surface area contributed by atoms with Gasteiger partial charge in [0.15, 0.2) is 0 Å². The zero-order valence-corrected chi connectivity index (χ0v) is 19.3. The summed E-state index contributed by atoms with van der Waals surface area (Å²) in [6.45, 7) is 2.13. The van der Waals surface area contributed by atoms with E-state index in [-0.39, 0.29) is 48.8 Å². The Morgan fingerprint density at radius 3 is 2.29 bits per heavy atom. The third kappa shape index (κ3) is 4.21. The minimum atomic E-state index is -4.27. The molecule has 0 aromatic heterocycles. The lowest BCUT2D eigenvalue weighted by molar-refractivity contribution is 0.0651. The Kier molecular flexibility index (Phi) is 6.50. The molecule has 0 atom stereocenters. The molecule has 2 heterocycles. The van der Waals surface area contributed by atoms with Crippen molar-refractivity contribution in [3.8, 4) is 0 Å². The van der Waals surface area contributed by atoms with Crippen LogP contribution in [-0.2, 0) is 10.0 Å². The Morgan fingerprint density at radius 1 is 0.941 bits per heavy atom. The minimum absolute atomic E-state index is 0.0294. The van der Waals surface area contributed by atoms with Crippen LogP contribution in [0.5, 0.6) is 0 Å². The number of carbonyl (C=O) groups excluding carboxylic acids is 3. The highest BCUT2D eigenvalue weighted by Gasteiger charge is 2.37. The number of sulfonamides is 1. The van der Waals surface area contributed by atoms with Crippen molar-refractivity contribution in [1.29, 1.82) is 0 Å². The summed E-state index contributed by atoms with van der Waals surface area (Å²) in [7, 11) is -4.27. The van der Waals surface area contributed by atoms with Gasteiger partial charge in [-0.15, -0.1) is 0 Å². The Labute approximate surface area is 195 Å². The summed E-state index contributed by atoms with van der Waals surface area (Å²) in [5.74, 6) is -3.15. The molecule has 11 heteroatoms. The van der Waals surface area contributed by atoms with E-state index in [4.69, 9.17) is 0 Å². The average Bonchev–Trinajstić information content (AvgIpc) is 3.07. The second-order valence-corrected chi connectivity index (χ2v) is 10.1. The van der Waals surface area contributed by atoms with Crippen molar-refractivity contribution in [3.63, 3.8) is 0 Å². The first-order valence-electron chi connectivity index (χ1n) is 10.9. The number of nitrogens with zero attached hydrogens (tertiary/aromatic N) is 3. The molecule has 8 nitrogen and oxygen atoms in total. The molecule has 2 aromatic carbocycles. The van der Waals surface area contributed by atoms with Gasteiger partial charge in [-0.2, -0.15) is 4.31 Å². The van der Waals surface area contributed by atoms with Crippen LogP contribution in [-0.4, -0.2) is 73.0 Å². The van der Waals surface area contributed by atoms with E-state index >= 15 is 0 Å². The highest BCUT2D eigenvalue weighted by atomic mass is 32.2. The first kappa shape index (κ1) is 24.0. The Bertz CT molecular complexity index is 1270. The lowest BCUT2D eigenvalue weighted by Gasteiger charge is -2.34. The molecule has 0 radical (unpaired) electrons. The van der Waals surface area contributed by atoms with Gasteiger partial charge in [-0.1, -0.05) is 13.3 Å². The molecule has 0 saturated carbocycles. The van der Waals surface area contributed by atoms with E-state index in [1.165, 1.54) is 28.0 Å². The number of fused-ring (bicyclic) bond motifs is 1. The standard InChI is InChI=1S/C23H23F2N3O5S/c1-2-3-8-28-22(30)17-6-4-15(13-18(17)23(28)31)21(29)26-9-11-27(12-10-26)34(32,33)20-14-16(24)5-7-19(20)25/h4-7,13-14H,2-3,8-12H2,1H3. The molecule has 0 spiro atoms. The lowest BCUT2D eigenvalue weighted by Crippen LogP contribution is -2.50. The topological polar surface area (TPSA) is 95.1 Å². The summed E-state index contributed by atoms with van der Waals surface area (Å²) in [4.78, 5) is 40.0. The fourth-order valence-electron chi connectivity index (χ4n) is 4.07. The number of hydrogen-bond donors (Lipinski definition) is 0. The summed E-state index contributed by atoms with van der Waals surface area (Å²) in [5, 5.41) is 0. The Balaban J connectivity index is 1.47. The fourth-order valence-corrected chi connectivity index (χ4v) is 5.57. The molecule has 4 rings (SSSR count). The van der Waals surface area contributed by atoms with Crippen LogP contribution in [0.2, 0.25) is 0 Å². The molecule has 1 fully saturated rings. The van der Waals surface area contributed by atoms with Gasteiger partial charge in [-0.25, -0.2) is 17.2 Å². The van der Waals surface area contributed by atoms with Crippen molar-refractivity contribution in [3.05, 3.63) is 64.7 Å². The van der Waals surface area contributed by atoms with Gasteiger partial charge in [0.25, 0.3) is 17.7 Å². The van der Waals surface area contributed by atoms with Crippen LogP contribution in [0.1, 0.15) is 50.8 Å². The monoisotopic (exact) mass is 491 g/mol. The molecule has 180 valence electrons. The van der Waals surface area contributed by atoms with Gasteiger partial charge in [0.05, 0.1) is 11.1 Å². The maximum atomic E-state index is 14.0. The number of benzene rings is 2. The molecule has 0 aliphatic carbocycles. The van der Waals surface area contributed by atoms with E-state index < -0.39 is 38.4 Å². The number of halogens is 2. The predicted octanol–water partition coefficient (Wildman–Crippen LogP) is 2.51. The van der Waals surface area contributed by atoms with Gasteiger partial charge in [0.1, 0.15) is 16.5 Å².